The number of benzene rings is 2. The Labute approximate surface area is 160 Å². The zero-order chi connectivity index (χ0) is 20.3. The summed E-state index contributed by atoms with van der Waals surface area (Å²) in [6.07, 6.45) is 0. The van der Waals surface area contributed by atoms with Gasteiger partial charge in [-0.3, -0.25) is 19.3 Å². The molecule has 0 bridgehead atoms. The molecule has 10 heteroatoms. The van der Waals surface area contributed by atoms with Crippen molar-refractivity contribution in [3.05, 3.63) is 59.4 Å². The van der Waals surface area contributed by atoms with E-state index in [9.17, 15) is 22.4 Å². The summed E-state index contributed by atoms with van der Waals surface area (Å²) >= 11 is 0. The van der Waals surface area contributed by atoms with E-state index < -0.39 is 40.7 Å². The highest BCUT2D eigenvalue weighted by Gasteiger charge is 2.30. The number of methoxy groups -OCH3 is 1. The van der Waals surface area contributed by atoms with Gasteiger partial charge in [0.2, 0.25) is 5.78 Å². The molecule has 0 amide bonds. The molecule has 28 heavy (non-hydrogen) atoms. The molecule has 8 nitrogen and oxygen atoms in total. The molecule has 0 aliphatic carbocycles. The van der Waals surface area contributed by atoms with Crippen molar-refractivity contribution in [3.8, 4) is 5.75 Å². The maximum atomic E-state index is 13.3. The number of sulfonamides is 1. The second-order valence-corrected chi connectivity index (χ2v) is 7.35. The third kappa shape index (κ3) is 4.01. The third-order valence-electron chi connectivity index (χ3n) is 3.86. The number of nitrogens with zero attached hydrogens (tertiary/aromatic N) is 1. The largest absolute Gasteiger partial charge is 0.496 e. The molecule has 0 aromatic heterocycles. The van der Waals surface area contributed by atoms with Gasteiger partial charge in [0.15, 0.2) is 6.61 Å². The van der Waals surface area contributed by atoms with Gasteiger partial charge in [-0.25, -0.2) is 12.8 Å². The van der Waals surface area contributed by atoms with E-state index in [1.807, 2.05) is 0 Å². The van der Waals surface area contributed by atoms with E-state index in [1.165, 1.54) is 19.2 Å². The fourth-order valence-corrected chi connectivity index (χ4v) is 3.81. The number of carbonyl (C=O) groups excluding carboxylic acids is 2. The van der Waals surface area contributed by atoms with E-state index in [-0.39, 0.29) is 22.0 Å². The van der Waals surface area contributed by atoms with E-state index in [0.29, 0.717) is 5.56 Å². The summed E-state index contributed by atoms with van der Waals surface area (Å²) in [6.45, 7) is -1.13. The smallest absolute Gasteiger partial charge is 0.328 e. The van der Waals surface area contributed by atoms with Crippen molar-refractivity contribution in [2.45, 2.75) is 4.90 Å². The van der Waals surface area contributed by atoms with Gasteiger partial charge in [-0.05, 0) is 30.3 Å². The lowest BCUT2D eigenvalue weighted by molar-refractivity contribution is -0.140. The fraction of sp³-hybridized carbons (Fsp3) is 0.167. The van der Waals surface area contributed by atoms with Crippen LogP contribution in [0.15, 0.2) is 52.4 Å². The Kier molecular flexibility index (Phi) is 5.41. The molecule has 146 valence electrons. The van der Waals surface area contributed by atoms with E-state index in [4.69, 9.17) is 9.47 Å². The van der Waals surface area contributed by atoms with Crippen LogP contribution in [0.2, 0.25) is 0 Å². The minimum absolute atomic E-state index is 0.0191. The second-order valence-electron chi connectivity index (χ2n) is 5.69. The van der Waals surface area contributed by atoms with E-state index >= 15 is 0 Å². The Bertz CT molecular complexity index is 1080. The Morgan fingerprint density at radius 2 is 1.93 bits per heavy atom. The van der Waals surface area contributed by atoms with Crippen LogP contribution in [0, 0.1) is 5.82 Å². The summed E-state index contributed by atoms with van der Waals surface area (Å²) in [7, 11) is -2.39. The predicted octanol–water partition coefficient (Wildman–Crippen LogP) is 1.30. The van der Waals surface area contributed by atoms with Crippen molar-refractivity contribution in [2.24, 2.45) is 4.99 Å². The summed E-state index contributed by atoms with van der Waals surface area (Å²) < 4.78 is 49.4. The standard InChI is InChI=1S/C18H15FN2O6S/c1-26-15-7-6-11(19)8-13(15)14(22)10-27-17(23)9-20-18-12-4-2-3-5-16(12)28(24,25)21-18/h2-8H,9-10H2,1H3,(H,20,21). The molecule has 3 rings (SSSR count). The predicted molar refractivity (Wildman–Crippen MR) is 96.4 cm³/mol. The molecular formula is C18H15FN2O6S. The van der Waals surface area contributed by atoms with Crippen molar-refractivity contribution in [2.75, 3.05) is 20.3 Å². The van der Waals surface area contributed by atoms with Crippen LogP contribution >= 0.6 is 0 Å². The highest BCUT2D eigenvalue weighted by atomic mass is 32.2. The van der Waals surface area contributed by atoms with Crippen molar-refractivity contribution < 1.29 is 31.9 Å². The number of halogens is 1. The van der Waals surface area contributed by atoms with Crippen LogP contribution in [-0.4, -0.2) is 46.3 Å². The number of carbonyl (C=O) groups is 2. The van der Waals surface area contributed by atoms with Crippen LogP contribution in [0.1, 0.15) is 15.9 Å². The number of Topliss-reactive ketones (excluding diaryl/α,β-unsaturated/α-hetero) is 1. The van der Waals surface area contributed by atoms with Gasteiger partial charge in [-0.1, -0.05) is 12.1 Å². The van der Waals surface area contributed by atoms with Gasteiger partial charge in [0.1, 0.15) is 23.9 Å². The molecule has 0 saturated carbocycles. The summed E-state index contributed by atoms with van der Waals surface area (Å²) in [5.74, 6) is -1.96. The van der Waals surface area contributed by atoms with Crippen LogP contribution in [0.4, 0.5) is 4.39 Å². The lowest BCUT2D eigenvalue weighted by atomic mass is 10.1. The molecular weight excluding hydrogens is 391 g/mol. The van der Waals surface area contributed by atoms with Crippen LogP contribution in [0.5, 0.6) is 5.75 Å². The SMILES string of the molecule is COc1ccc(F)cc1C(=O)COC(=O)CN=C1NS(=O)(=O)c2ccccc21. The van der Waals surface area contributed by atoms with Gasteiger partial charge in [0, 0.05) is 5.56 Å². The van der Waals surface area contributed by atoms with Crippen molar-refractivity contribution in [1.29, 1.82) is 0 Å². The van der Waals surface area contributed by atoms with Gasteiger partial charge in [-0.2, -0.15) is 0 Å². The number of rotatable bonds is 6. The Balaban J connectivity index is 1.64. The lowest BCUT2D eigenvalue weighted by Crippen LogP contribution is -2.24. The number of aliphatic imine (C=N–C) groups is 1. The highest BCUT2D eigenvalue weighted by molar-refractivity contribution is 7.90. The van der Waals surface area contributed by atoms with Gasteiger partial charge in [-0.15, -0.1) is 0 Å². The van der Waals surface area contributed by atoms with Crippen molar-refractivity contribution >= 4 is 27.6 Å². The van der Waals surface area contributed by atoms with Crippen LogP contribution < -0.4 is 9.46 Å². The summed E-state index contributed by atoms with van der Waals surface area (Å²) in [6, 6.07) is 9.60. The third-order valence-corrected chi connectivity index (χ3v) is 5.25. The molecule has 2 aromatic carbocycles. The fourth-order valence-electron chi connectivity index (χ4n) is 2.56. The van der Waals surface area contributed by atoms with Crippen molar-refractivity contribution in [3.63, 3.8) is 0 Å². The molecule has 1 aliphatic heterocycles. The number of fused-ring (bicyclic) bond motifs is 1. The van der Waals surface area contributed by atoms with Crippen LogP contribution in [0.25, 0.3) is 0 Å². The summed E-state index contributed by atoms with van der Waals surface area (Å²) in [5, 5.41) is 0. The Hall–Kier alpha value is -3.27. The molecule has 0 saturated heterocycles. The maximum absolute atomic E-state index is 13.3. The van der Waals surface area contributed by atoms with Crippen LogP contribution in [-0.2, 0) is 19.6 Å². The first-order valence-electron chi connectivity index (χ1n) is 8.01. The number of nitrogens with one attached hydrogen (secondary N) is 1. The molecule has 0 radical (unpaired) electrons. The monoisotopic (exact) mass is 406 g/mol. The molecule has 0 spiro atoms. The number of amidine groups is 1. The normalized spacial score (nSPS) is 15.6. The zero-order valence-corrected chi connectivity index (χ0v) is 15.5. The van der Waals surface area contributed by atoms with E-state index in [2.05, 4.69) is 9.71 Å². The molecule has 1 aliphatic rings. The van der Waals surface area contributed by atoms with Gasteiger partial charge in [0.25, 0.3) is 10.0 Å². The first kappa shape index (κ1) is 19.5. The number of hydrogen-bond donors (Lipinski definition) is 1. The average Bonchev–Trinajstić information content (AvgIpc) is 2.95. The minimum Gasteiger partial charge on any atom is -0.496 e. The Morgan fingerprint density at radius 3 is 2.68 bits per heavy atom. The van der Waals surface area contributed by atoms with Gasteiger partial charge >= 0.3 is 5.97 Å². The number of ether oxygens (including phenoxy) is 2. The maximum Gasteiger partial charge on any atom is 0.328 e. The highest BCUT2D eigenvalue weighted by Crippen LogP contribution is 2.22. The lowest BCUT2D eigenvalue weighted by Gasteiger charge is -2.08. The topological polar surface area (TPSA) is 111 Å². The van der Waals surface area contributed by atoms with Gasteiger partial charge < -0.3 is 9.47 Å². The molecule has 0 unspecified atom stereocenters. The molecule has 1 heterocycles. The molecule has 0 atom stereocenters. The van der Waals surface area contributed by atoms with Crippen LogP contribution in [0.3, 0.4) is 0 Å². The zero-order valence-electron chi connectivity index (χ0n) is 14.6. The number of hydrogen-bond acceptors (Lipinski definition) is 7. The average molecular weight is 406 g/mol. The number of ketones is 1. The second kappa shape index (κ2) is 7.77. The molecule has 2 aromatic rings. The van der Waals surface area contributed by atoms with E-state index in [1.54, 1.807) is 18.2 Å². The van der Waals surface area contributed by atoms with Gasteiger partial charge in [0.05, 0.1) is 17.6 Å². The quantitative estimate of drug-likeness (QED) is 0.572. The minimum atomic E-state index is -3.71. The number of esters is 1. The summed E-state index contributed by atoms with van der Waals surface area (Å²) in [5.41, 5.74) is 0.287. The first-order valence-corrected chi connectivity index (χ1v) is 9.49. The Morgan fingerprint density at radius 1 is 1.18 bits per heavy atom. The summed E-state index contributed by atoms with van der Waals surface area (Å²) in [4.78, 5) is 28.0. The first-order chi connectivity index (χ1) is 13.3. The van der Waals surface area contributed by atoms with E-state index in [0.717, 1.165) is 12.1 Å². The molecule has 1 N–H and O–H groups in total. The molecule has 0 fully saturated rings. The van der Waals surface area contributed by atoms with Crippen molar-refractivity contribution in [1.82, 2.24) is 4.72 Å².